The summed E-state index contributed by atoms with van der Waals surface area (Å²) in [7, 11) is 0. The van der Waals surface area contributed by atoms with E-state index in [0.717, 1.165) is 0 Å². The lowest BCUT2D eigenvalue weighted by atomic mass is 10.1. The number of halogens is 2. The SMILES string of the molecule is CC(C)COC1=C(F)CCC=C1Cl. The van der Waals surface area contributed by atoms with Gasteiger partial charge in [-0.25, -0.2) is 4.39 Å². The van der Waals surface area contributed by atoms with E-state index >= 15 is 0 Å². The standard InChI is InChI=1S/C10H14ClFO/c1-7(2)6-13-10-8(11)4-3-5-9(10)12/h4,7H,3,5-6H2,1-2H3. The molecule has 0 aliphatic heterocycles. The molecule has 74 valence electrons. The van der Waals surface area contributed by atoms with E-state index in [1.165, 1.54) is 0 Å². The molecule has 0 N–H and O–H groups in total. The highest BCUT2D eigenvalue weighted by molar-refractivity contribution is 6.31. The molecule has 1 aliphatic carbocycles. The number of allylic oxidation sites excluding steroid dienone is 3. The summed E-state index contributed by atoms with van der Waals surface area (Å²) < 4.78 is 18.5. The molecule has 1 nitrogen and oxygen atoms in total. The smallest absolute Gasteiger partial charge is 0.168 e. The van der Waals surface area contributed by atoms with Gasteiger partial charge in [-0.15, -0.1) is 0 Å². The summed E-state index contributed by atoms with van der Waals surface area (Å²) in [5, 5.41) is 0.407. The van der Waals surface area contributed by atoms with Gasteiger partial charge < -0.3 is 4.74 Å². The van der Waals surface area contributed by atoms with Crippen molar-refractivity contribution in [2.75, 3.05) is 6.61 Å². The van der Waals surface area contributed by atoms with Crippen LogP contribution in [-0.4, -0.2) is 6.61 Å². The maximum Gasteiger partial charge on any atom is 0.168 e. The largest absolute Gasteiger partial charge is 0.489 e. The Labute approximate surface area is 83.2 Å². The zero-order valence-corrected chi connectivity index (χ0v) is 8.70. The van der Waals surface area contributed by atoms with Crippen molar-refractivity contribution in [1.82, 2.24) is 0 Å². The predicted molar refractivity (Wildman–Crippen MR) is 52.1 cm³/mol. The van der Waals surface area contributed by atoms with Crippen LogP contribution in [0.4, 0.5) is 4.39 Å². The van der Waals surface area contributed by atoms with Crippen LogP contribution >= 0.6 is 11.6 Å². The third kappa shape index (κ3) is 3.03. The van der Waals surface area contributed by atoms with Gasteiger partial charge in [0.15, 0.2) is 5.76 Å². The van der Waals surface area contributed by atoms with Gasteiger partial charge in [0.1, 0.15) is 5.83 Å². The summed E-state index contributed by atoms with van der Waals surface area (Å²) in [6, 6.07) is 0. The summed E-state index contributed by atoms with van der Waals surface area (Å²) in [5.74, 6) is 0.390. The topological polar surface area (TPSA) is 9.23 Å². The molecular weight excluding hydrogens is 191 g/mol. The minimum Gasteiger partial charge on any atom is -0.489 e. The van der Waals surface area contributed by atoms with Crippen LogP contribution in [0.2, 0.25) is 0 Å². The maximum absolute atomic E-state index is 13.2. The van der Waals surface area contributed by atoms with Crippen molar-refractivity contribution < 1.29 is 9.13 Å². The Bertz CT molecular complexity index is 243. The van der Waals surface area contributed by atoms with Crippen LogP contribution in [0.25, 0.3) is 0 Å². The molecule has 3 heteroatoms. The molecule has 0 aromatic rings. The van der Waals surface area contributed by atoms with Crippen LogP contribution < -0.4 is 0 Å². The third-order valence-electron chi connectivity index (χ3n) is 1.71. The lowest BCUT2D eigenvalue weighted by Crippen LogP contribution is -2.05. The fraction of sp³-hybridized carbons (Fsp3) is 0.600. The summed E-state index contributed by atoms with van der Waals surface area (Å²) >= 11 is 5.80. The molecule has 0 radical (unpaired) electrons. The Hall–Kier alpha value is -0.500. The van der Waals surface area contributed by atoms with E-state index in [2.05, 4.69) is 0 Å². The number of rotatable bonds is 3. The highest BCUT2D eigenvalue weighted by Gasteiger charge is 2.16. The Kier molecular flexibility index (Phi) is 3.79. The second-order valence-electron chi connectivity index (χ2n) is 3.53. The number of hydrogen-bond acceptors (Lipinski definition) is 1. The normalized spacial score (nSPS) is 17.8. The van der Waals surface area contributed by atoms with Gasteiger partial charge in [-0.3, -0.25) is 0 Å². The molecule has 1 aliphatic rings. The Morgan fingerprint density at radius 3 is 2.85 bits per heavy atom. The van der Waals surface area contributed by atoms with E-state index in [9.17, 15) is 4.39 Å². The molecule has 0 saturated heterocycles. The summed E-state index contributed by atoms with van der Waals surface area (Å²) in [5.41, 5.74) is 0. The molecule has 13 heavy (non-hydrogen) atoms. The van der Waals surface area contributed by atoms with E-state index < -0.39 is 0 Å². The molecule has 0 saturated carbocycles. The molecule has 0 atom stereocenters. The minimum atomic E-state index is -0.229. The van der Waals surface area contributed by atoms with Crippen LogP contribution in [-0.2, 0) is 4.74 Å². The highest BCUT2D eigenvalue weighted by atomic mass is 35.5. The number of ether oxygens (including phenoxy) is 1. The average molecular weight is 205 g/mol. The van der Waals surface area contributed by atoms with Crippen molar-refractivity contribution in [2.45, 2.75) is 26.7 Å². The van der Waals surface area contributed by atoms with Crippen molar-refractivity contribution in [3.63, 3.8) is 0 Å². The Morgan fingerprint density at radius 2 is 2.31 bits per heavy atom. The zero-order valence-electron chi connectivity index (χ0n) is 7.94. The zero-order chi connectivity index (χ0) is 9.84. The Morgan fingerprint density at radius 1 is 1.62 bits per heavy atom. The summed E-state index contributed by atoms with van der Waals surface area (Å²) in [6.07, 6.45) is 2.86. The van der Waals surface area contributed by atoms with Gasteiger partial charge in [-0.1, -0.05) is 31.5 Å². The monoisotopic (exact) mass is 204 g/mol. The van der Waals surface area contributed by atoms with Crippen molar-refractivity contribution in [3.05, 3.63) is 22.7 Å². The van der Waals surface area contributed by atoms with Crippen molar-refractivity contribution in [2.24, 2.45) is 5.92 Å². The average Bonchev–Trinajstić information content (AvgIpc) is 2.03. The van der Waals surface area contributed by atoms with Crippen molar-refractivity contribution in [3.8, 4) is 0 Å². The first kappa shape index (κ1) is 10.6. The van der Waals surface area contributed by atoms with Crippen molar-refractivity contribution >= 4 is 11.6 Å². The molecule has 1 rings (SSSR count). The molecule has 0 aromatic carbocycles. The van der Waals surface area contributed by atoms with Crippen LogP contribution in [0.3, 0.4) is 0 Å². The molecule has 0 unspecified atom stereocenters. The van der Waals surface area contributed by atoms with E-state index in [4.69, 9.17) is 16.3 Å². The van der Waals surface area contributed by atoms with E-state index in [-0.39, 0.29) is 11.6 Å². The van der Waals surface area contributed by atoms with Gasteiger partial charge in [-0.05, 0) is 12.3 Å². The van der Waals surface area contributed by atoms with Crippen LogP contribution in [0.15, 0.2) is 22.7 Å². The maximum atomic E-state index is 13.2. The van der Waals surface area contributed by atoms with Gasteiger partial charge >= 0.3 is 0 Å². The summed E-state index contributed by atoms with van der Waals surface area (Å²) in [4.78, 5) is 0. The predicted octanol–water partition coefficient (Wildman–Crippen LogP) is 3.76. The van der Waals surface area contributed by atoms with Crippen LogP contribution in [0, 0.1) is 5.92 Å². The lowest BCUT2D eigenvalue weighted by molar-refractivity contribution is 0.177. The van der Waals surface area contributed by atoms with Gasteiger partial charge in [0.25, 0.3) is 0 Å². The number of hydrogen-bond donors (Lipinski definition) is 0. The third-order valence-corrected chi connectivity index (χ3v) is 2.04. The molecule has 0 spiro atoms. The Balaban J connectivity index is 2.60. The first-order chi connectivity index (χ1) is 6.11. The van der Waals surface area contributed by atoms with Gasteiger partial charge in [0.2, 0.25) is 0 Å². The quantitative estimate of drug-likeness (QED) is 0.680. The van der Waals surface area contributed by atoms with E-state index in [1.807, 2.05) is 13.8 Å². The lowest BCUT2D eigenvalue weighted by Gasteiger charge is -2.15. The van der Waals surface area contributed by atoms with Crippen LogP contribution in [0.1, 0.15) is 26.7 Å². The van der Waals surface area contributed by atoms with Gasteiger partial charge in [0, 0.05) is 6.42 Å². The second-order valence-corrected chi connectivity index (χ2v) is 3.94. The molecule has 0 aromatic heterocycles. The second kappa shape index (κ2) is 4.66. The molecular formula is C10H14ClFO. The van der Waals surface area contributed by atoms with E-state index in [0.29, 0.717) is 30.4 Å². The fourth-order valence-corrected chi connectivity index (χ4v) is 1.32. The van der Waals surface area contributed by atoms with Gasteiger partial charge in [-0.2, -0.15) is 0 Å². The minimum absolute atomic E-state index is 0.229. The van der Waals surface area contributed by atoms with E-state index in [1.54, 1.807) is 6.08 Å². The first-order valence-corrected chi connectivity index (χ1v) is 4.86. The van der Waals surface area contributed by atoms with Gasteiger partial charge in [0.05, 0.1) is 11.6 Å². The first-order valence-electron chi connectivity index (χ1n) is 4.48. The van der Waals surface area contributed by atoms with Crippen LogP contribution in [0.5, 0.6) is 0 Å². The molecule has 0 amide bonds. The molecule has 0 bridgehead atoms. The summed E-state index contributed by atoms with van der Waals surface area (Å²) in [6.45, 7) is 4.53. The highest BCUT2D eigenvalue weighted by Crippen LogP contribution is 2.29. The molecule has 0 fully saturated rings. The fourth-order valence-electron chi connectivity index (χ4n) is 1.06. The molecule has 0 heterocycles. The van der Waals surface area contributed by atoms with Crippen molar-refractivity contribution in [1.29, 1.82) is 0 Å².